The highest BCUT2D eigenvalue weighted by molar-refractivity contribution is 14.0. The fourth-order valence-corrected chi connectivity index (χ4v) is 2.32. The molecule has 7 nitrogen and oxygen atoms in total. The summed E-state index contributed by atoms with van der Waals surface area (Å²) >= 11 is 0. The number of nitrogens with one attached hydrogen (secondary N) is 2. The van der Waals surface area contributed by atoms with Crippen LogP contribution in [0.2, 0.25) is 0 Å². The largest absolute Gasteiger partial charge is 0.376 e. The van der Waals surface area contributed by atoms with E-state index >= 15 is 0 Å². The van der Waals surface area contributed by atoms with Gasteiger partial charge in [0, 0.05) is 33.4 Å². The fraction of sp³-hybridized carbons (Fsp3) is 0.588. The second-order valence-electron chi connectivity index (χ2n) is 6.00. The van der Waals surface area contributed by atoms with Crippen LogP contribution >= 0.6 is 24.0 Å². The van der Waals surface area contributed by atoms with Gasteiger partial charge < -0.3 is 20.3 Å². The molecule has 1 atom stereocenters. The average molecular weight is 461 g/mol. The van der Waals surface area contributed by atoms with Gasteiger partial charge in [0.05, 0.1) is 24.9 Å². The van der Waals surface area contributed by atoms with Gasteiger partial charge in [0.1, 0.15) is 0 Å². The Morgan fingerprint density at radius 2 is 2.20 bits per heavy atom. The van der Waals surface area contributed by atoms with Gasteiger partial charge in [-0.15, -0.1) is 24.0 Å². The summed E-state index contributed by atoms with van der Waals surface area (Å²) in [6.07, 6.45) is 5.32. The zero-order chi connectivity index (χ0) is 17.2. The van der Waals surface area contributed by atoms with Gasteiger partial charge in [-0.2, -0.15) is 0 Å². The molecule has 0 aliphatic carbocycles. The number of carbonyl (C=O) groups is 1. The Hall–Kier alpha value is -1.42. The molecule has 2 heterocycles. The minimum atomic E-state index is -0.00347. The van der Waals surface area contributed by atoms with Gasteiger partial charge in [0.25, 0.3) is 0 Å². The van der Waals surface area contributed by atoms with Gasteiger partial charge in [-0.25, -0.2) is 4.99 Å². The third-order valence-corrected chi connectivity index (χ3v) is 3.80. The van der Waals surface area contributed by atoms with Crippen molar-refractivity contribution in [3.63, 3.8) is 0 Å². The number of pyridine rings is 1. The van der Waals surface area contributed by atoms with Gasteiger partial charge in [-0.3, -0.25) is 9.78 Å². The number of guanidine groups is 1. The van der Waals surface area contributed by atoms with Crippen LogP contribution in [0.1, 0.15) is 25.0 Å². The van der Waals surface area contributed by atoms with E-state index in [1.807, 2.05) is 18.2 Å². The molecule has 2 rings (SSSR count). The first kappa shape index (κ1) is 21.6. The number of aliphatic imine (C=N–C) groups is 1. The molecule has 1 aromatic rings. The van der Waals surface area contributed by atoms with E-state index in [-0.39, 0.29) is 42.5 Å². The molecular formula is C17H28IN5O2. The number of hydrogen-bond donors (Lipinski definition) is 2. The van der Waals surface area contributed by atoms with Crippen LogP contribution in [0.3, 0.4) is 0 Å². The molecule has 1 amide bonds. The van der Waals surface area contributed by atoms with Crippen molar-refractivity contribution in [2.75, 3.05) is 33.8 Å². The van der Waals surface area contributed by atoms with Crippen molar-refractivity contribution >= 4 is 35.8 Å². The minimum absolute atomic E-state index is 0. The molecule has 1 saturated heterocycles. The molecule has 8 heteroatoms. The first-order chi connectivity index (χ1) is 11.6. The fourth-order valence-electron chi connectivity index (χ4n) is 2.32. The van der Waals surface area contributed by atoms with E-state index in [1.165, 1.54) is 6.42 Å². The lowest BCUT2D eigenvalue weighted by Crippen LogP contribution is -2.45. The summed E-state index contributed by atoms with van der Waals surface area (Å²) in [5.41, 5.74) is 0.881. The zero-order valence-electron chi connectivity index (χ0n) is 14.9. The molecule has 0 bridgehead atoms. The lowest BCUT2D eigenvalue weighted by Gasteiger charge is -2.24. The maximum Gasteiger partial charge on any atom is 0.241 e. The molecule has 0 aromatic carbocycles. The summed E-state index contributed by atoms with van der Waals surface area (Å²) in [4.78, 5) is 22.1. The van der Waals surface area contributed by atoms with Gasteiger partial charge >= 0.3 is 0 Å². The SMILES string of the molecule is CN(C)C(=O)CNC(=NCc1ccccn1)NCC1CCCCO1.I. The lowest BCUT2D eigenvalue weighted by molar-refractivity contribution is -0.127. The van der Waals surface area contributed by atoms with E-state index in [4.69, 9.17) is 4.74 Å². The topological polar surface area (TPSA) is 78.9 Å². The number of rotatable bonds is 6. The van der Waals surface area contributed by atoms with Crippen molar-refractivity contribution in [1.82, 2.24) is 20.5 Å². The van der Waals surface area contributed by atoms with E-state index < -0.39 is 0 Å². The molecule has 0 spiro atoms. The van der Waals surface area contributed by atoms with E-state index in [2.05, 4.69) is 20.6 Å². The number of likely N-dealkylation sites (N-methyl/N-ethyl adjacent to an activating group) is 1. The summed E-state index contributed by atoms with van der Waals surface area (Å²) in [5.74, 6) is 0.598. The normalized spacial score (nSPS) is 17.4. The number of nitrogens with zero attached hydrogens (tertiary/aromatic N) is 3. The van der Waals surface area contributed by atoms with Crippen LogP contribution in [0.15, 0.2) is 29.4 Å². The van der Waals surface area contributed by atoms with Crippen molar-refractivity contribution in [2.24, 2.45) is 4.99 Å². The predicted molar refractivity (Wildman–Crippen MR) is 109 cm³/mol. The van der Waals surface area contributed by atoms with Crippen molar-refractivity contribution in [3.8, 4) is 0 Å². The first-order valence-electron chi connectivity index (χ1n) is 8.39. The third kappa shape index (κ3) is 8.48. The minimum Gasteiger partial charge on any atom is -0.376 e. The third-order valence-electron chi connectivity index (χ3n) is 3.80. The second kappa shape index (κ2) is 12.0. The number of aromatic nitrogens is 1. The summed E-state index contributed by atoms with van der Waals surface area (Å²) in [6.45, 7) is 2.16. The van der Waals surface area contributed by atoms with Crippen LogP contribution < -0.4 is 10.6 Å². The van der Waals surface area contributed by atoms with Crippen molar-refractivity contribution < 1.29 is 9.53 Å². The molecule has 1 aromatic heterocycles. The zero-order valence-corrected chi connectivity index (χ0v) is 17.2. The predicted octanol–water partition coefficient (Wildman–Crippen LogP) is 1.39. The summed E-state index contributed by atoms with van der Waals surface area (Å²) in [7, 11) is 3.47. The van der Waals surface area contributed by atoms with Gasteiger partial charge in [-0.05, 0) is 31.4 Å². The van der Waals surface area contributed by atoms with Crippen LogP contribution in [-0.2, 0) is 16.1 Å². The highest BCUT2D eigenvalue weighted by Gasteiger charge is 2.14. The monoisotopic (exact) mass is 461 g/mol. The van der Waals surface area contributed by atoms with Crippen molar-refractivity contribution in [2.45, 2.75) is 31.9 Å². The number of carbonyl (C=O) groups excluding carboxylic acids is 1. The maximum absolute atomic E-state index is 11.8. The average Bonchev–Trinajstić information content (AvgIpc) is 2.62. The quantitative estimate of drug-likeness (QED) is 0.381. The Morgan fingerprint density at radius 1 is 1.36 bits per heavy atom. The molecule has 1 aliphatic heterocycles. The van der Waals surface area contributed by atoms with Crippen LogP contribution in [0.4, 0.5) is 0 Å². The van der Waals surface area contributed by atoms with Crippen molar-refractivity contribution in [3.05, 3.63) is 30.1 Å². The Morgan fingerprint density at radius 3 is 2.84 bits per heavy atom. The lowest BCUT2D eigenvalue weighted by atomic mass is 10.1. The standard InChI is InChI=1S/C17H27N5O2.HI/c1-22(2)16(23)13-21-17(19-11-14-7-3-5-9-18-14)20-12-15-8-4-6-10-24-15;/h3,5,7,9,15H,4,6,8,10-13H2,1-2H3,(H2,19,20,21);1H. The van der Waals surface area contributed by atoms with E-state index in [0.717, 1.165) is 25.1 Å². The van der Waals surface area contributed by atoms with Crippen LogP contribution in [0, 0.1) is 0 Å². The Balaban J connectivity index is 0.00000312. The molecule has 140 valence electrons. The van der Waals surface area contributed by atoms with E-state index in [1.54, 1.807) is 25.2 Å². The maximum atomic E-state index is 11.8. The highest BCUT2D eigenvalue weighted by atomic mass is 127. The number of amides is 1. The van der Waals surface area contributed by atoms with E-state index in [0.29, 0.717) is 19.0 Å². The molecular weight excluding hydrogens is 433 g/mol. The Bertz CT molecular complexity index is 533. The second-order valence-corrected chi connectivity index (χ2v) is 6.00. The van der Waals surface area contributed by atoms with Gasteiger partial charge in [0.15, 0.2) is 5.96 Å². The van der Waals surface area contributed by atoms with Gasteiger partial charge in [0.2, 0.25) is 5.91 Å². The first-order valence-corrected chi connectivity index (χ1v) is 8.39. The summed E-state index contributed by atoms with van der Waals surface area (Å²) in [5, 5.41) is 6.34. The number of hydrogen-bond acceptors (Lipinski definition) is 4. The van der Waals surface area contributed by atoms with Crippen LogP contribution in [0.5, 0.6) is 0 Å². The Labute approximate surface area is 166 Å². The summed E-state index contributed by atoms with van der Waals surface area (Å²) < 4.78 is 5.72. The number of ether oxygens (including phenoxy) is 1. The van der Waals surface area contributed by atoms with Crippen molar-refractivity contribution in [1.29, 1.82) is 0 Å². The molecule has 2 N–H and O–H groups in total. The van der Waals surface area contributed by atoms with Crippen LogP contribution in [0.25, 0.3) is 0 Å². The Kier molecular flexibility index (Phi) is 10.4. The molecule has 1 unspecified atom stereocenters. The summed E-state index contributed by atoms with van der Waals surface area (Å²) in [6, 6.07) is 5.74. The van der Waals surface area contributed by atoms with Gasteiger partial charge in [-0.1, -0.05) is 6.07 Å². The molecule has 1 aliphatic rings. The smallest absolute Gasteiger partial charge is 0.241 e. The molecule has 0 radical (unpaired) electrons. The molecule has 0 saturated carbocycles. The molecule has 25 heavy (non-hydrogen) atoms. The van der Waals surface area contributed by atoms with E-state index in [9.17, 15) is 4.79 Å². The number of halogens is 1. The molecule has 1 fully saturated rings. The van der Waals surface area contributed by atoms with Crippen LogP contribution in [-0.4, -0.2) is 61.6 Å². The highest BCUT2D eigenvalue weighted by Crippen LogP contribution is 2.11.